The van der Waals surface area contributed by atoms with Crippen molar-refractivity contribution in [1.82, 2.24) is 9.78 Å². The number of aromatic nitrogens is 2. The van der Waals surface area contributed by atoms with E-state index in [1.807, 2.05) is 0 Å². The summed E-state index contributed by atoms with van der Waals surface area (Å²) < 4.78 is 40.3. The number of nitrogens with zero attached hydrogens (tertiary/aromatic N) is 3. The van der Waals surface area contributed by atoms with Crippen LogP contribution in [0.5, 0.6) is 0 Å². The van der Waals surface area contributed by atoms with Crippen LogP contribution in [0.25, 0.3) is 0 Å². The summed E-state index contributed by atoms with van der Waals surface area (Å²) >= 11 is 10.4. The van der Waals surface area contributed by atoms with Crippen LogP contribution in [-0.2, 0) is 24.7 Å². The van der Waals surface area contributed by atoms with Crippen LogP contribution in [0.2, 0.25) is 5.15 Å². The van der Waals surface area contributed by atoms with Gasteiger partial charge in [0.25, 0.3) is 0 Å². The molecule has 0 aromatic carbocycles. The molecule has 0 fully saturated rings. The number of halogens is 5. The van der Waals surface area contributed by atoms with Crippen LogP contribution in [0.15, 0.2) is 21.1 Å². The van der Waals surface area contributed by atoms with Crippen molar-refractivity contribution in [1.29, 1.82) is 0 Å². The number of thiophene rings is 1. The van der Waals surface area contributed by atoms with Crippen LogP contribution in [-0.4, -0.2) is 15.6 Å². The molecule has 2 aromatic rings. The monoisotopic (exact) mass is 416 g/mol. The fourth-order valence-electron chi connectivity index (χ4n) is 1.56. The molecule has 2 rings (SSSR count). The molecule has 0 radical (unpaired) electrons. The first-order chi connectivity index (χ1) is 10.2. The van der Waals surface area contributed by atoms with Crippen LogP contribution < -0.4 is 5.73 Å². The van der Waals surface area contributed by atoms with E-state index in [4.69, 9.17) is 22.2 Å². The van der Waals surface area contributed by atoms with E-state index in [1.165, 1.54) is 18.4 Å². The number of aryl methyl sites for hydroxylation is 1. The molecule has 0 atom stereocenters. The van der Waals surface area contributed by atoms with E-state index in [0.717, 1.165) is 9.15 Å². The Morgan fingerprint density at radius 1 is 1.59 bits per heavy atom. The molecule has 0 aliphatic rings. The molecule has 22 heavy (non-hydrogen) atoms. The molecule has 11 heteroatoms. The molecule has 0 spiro atoms. The van der Waals surface area contributed by atoms with Crippen LogP contribution in [0.4, 0.5) is 13.2 Å². The highest BCUT2D eigenvalue weighted by Crippen LogP contribution is 2.34. The zero-order valence-electron chi connectivity index (χ0n) is 11.0. The summed E-state index contributed by atoms with van der Waals surface area (Å²) in [7, 11) is 1.31. The highest BCUT2D eigenvalue weighted by Gasteiger charge is 2.38. The van der Waals surface area contributed by atoms with Crippen molar-refractivity contribution in [2.45, 2.75) is 12.8 Å². The van der Waals surface area contributed by atoms with Gasteiger partial charge in [-0.05, 0) is 22.0 Å². The Kier molecular flexibility index (Phi) is 5.03. The van der Waals surface area contributed by atoms with E-state index in [-0.39, 0.29) is 16.6 Å². The Labute approximate surface area is 140 Å². The molecule has 2 heterocycles. The Hall–Kier alpha value is -1.26. The summed E-state index contributed by atoms with van der Waals surface area (Å²) in [5.74, 6) is 0.0595. The van der Waals surface area contributed by atoms with Crippen LogP contribution in [0.3, 0.4) is 0 Å². The normalized spacial score (nSPS) is 12.7. The van der Waals surface area contributed by atoms with Gasteiger partial charge in [-0.2, -0.15) is 18.3 Å². The molecule has 2 aromatic heterocycles. The molecule has 2 N–H and O–H groups in total. The quantitative estimate of drug-likeness (QED) is 0.468. The molecule has 0 bridgehead atoms. The van der Waals surface area contributed by atoms with Gasteiger partial charge in [-0.1, -0.05) is 16.8 Å². The van der Waals surface area contributed by atoms with E-state index >= 15 is 0 Å². The fraction of sp³-hybridized carbons (Fsp3) is 0.273. The van der Waals surface area contributed by atoms with Gasteiger partial charge < -0.3 is 10.6 Å². The van der Waals surface area contributed by atoms with Gasteiger partial charge in [-0.3, -0.25) is 4.68 Å². The Balaban J connectivity index is 2.15. The zero-order chi connectivity index (χ0) is 16.5. The highest BCUT2D eigenvalue weighted by molar-refractivity contribution is 9.10. The Bertz CT molecular complexity index is 713. The Morgan fingerprint density at radius 2 is 2.27 bits per heavy atom. The van der Waals surface area contributed by atoms with E-state index in [9.17, 15) is 13.2 Å². The molecule has 120 valence electrons. The standard InChI is InChI=1S/C11H9BrClF3N4OS/c1-20-9(13)6(8(18-20)11(14,15)16)3-21-19-10(17)7-2-5(12)4-22-7/h2,4H,3H2,1H3,(H2,17,19). The van der Waals surface area contributed by atoms with Gasteiger partial charge in [0.15, 0.2) is 11.5 Å². The number of nitrogens with two attached hydrogens (primary N) is 1. The number of oxime groups is 1. The average molecular weight is 418 g/mol. The third-order valence-corrected chi connectivity index (χ3v) is 4.72. The van der Waals surface area contributed by atoms with Gasteiger partial charge in [0.1, 0.15) is 11.8 Å². The molecule has 0 saturated heterocycles. The second kappa shape index (κ2) is 6.47. The van der Waals surface area contributed by atoms with Crippen molar-refractivity contribution in [3.8, 4) is 0 Å². The lowest BCUT2D eigenvalue weighted by Gasteiger charge is -2.05. The predicted octanol–water partition coefficient (Wildman–Crippen LogP) is 3.75. The number of rotatable bonds is 4. The van der Waals surface area contributed by atoms with E-state index in [0.29, 0.717) is 4.88 Å². The fourth-order valence-corrected chi connectivity index (χ4v) is 3.06. The van der Waals surface area contributed by atoms with E-state index < -0.39 is 18.5 Å². The minimum Gasteiger partial charge on any atom is -0.389 e. The molecule has 0 saturated carbocycles. The third-order valence-electron chi connectivity index (χ3n) is 2.53. The third kappa shape index (κ3) is 3.73. The van der Waals surface area contributed by atoms with Crippen LogP contribution in [0.1, 0.15) is 16.1 Å². The van der Waals surface area contributed by atoms with Crippen molar-refractivity contribution >= 4 is 44.7 Å². The molecular weight excluding hydrogens is 409 g/mol. The largest absolute Gasteiger partial charge is 0.435 e. The van der Waals surface area contributed by atoms with Crippen molar-refractivity contribution in [2.75, 3.05) is 0 Å². The summed E-state index contributed by atoms with van der Waals surface area (Å²) in [6.45, 7) is -0.491. The predicted molar refractivity (Wildman–Crippen MR) is 80.8 cm³/mol. The van der Waals surface area contributed by atoms with Gasteiger partial charge >= 0.3 is 6.18 Å². The number of hydrogen-bond donors (Lipinski definition) is 1. The van der Waals surface area contributed by atoms with E-state index in [2.05, 4.69) is 26.2 Å². The lowest BCUT2D eigenvalue weighted by Crippen LogP contribution is -2.13. The van der Waals surface area contributed by atoms with Crippen molar-refractivity contribution in [2.24, 2.45) is 17.9 Å². The second-order valence-electron chi connectivity index (χ2n) is 4.12. The van der Waals surface area contributed by atoms with Gasteiger partial charge in [0.2, 0.25) is 0 Å². The first-order valence-electron chi connectivity index (χ1n) is 5.68. The maximum Gasteiger partial charge on any atom is 0.435 e. The van der Waals surface area contributed by atoms with Crippen molar-refractivity contribution < 1.29 is 18.0 Å². The Morgan fingerprint density at radius 3 is 2.82 bits per heavy atom. The van der Waals surface area contributed by atoms with E-state index in [1.54, 1.807) is 11.4 Å². The zero-order valence-corrected chi connectivity index (χ0v) is 14.1. The van der Waals surface area contributed by atoms with Gasteiger partial charge in [0, 0.05) is 16.9 Å². The number of hydrogen-bond acceptors (Lipinski definition) is 4. The molecule has 0 aliphatic carbocycles. The first-order valence-corrected chi connectivity index (χ1v) is 7.73. The maximum atomic E-state index is 12.8. The van der Waals surface area contributed by atoms with Gasteiger partial charge in [-0.15, -0.1) is 11.3 Å². The lowest BCUT2D eigenvalue weighted by molar-refractivity contribution is -0.142. The number of amidine groups is 1. The summed E-state index contributed by atoms with van der Waals surface area (Å²) in [6.07, 6.45) is -4.63. The number of alkyl halides is 3. The second-order valence-corrected chi connectivity index (χ2v) is 6.30. The van der Waals surface area contributed by atoms with Crippen LogP contribution >= 0.6 is 38.9 Å². The lowest BCUT2D eigenvalue weighted by atomic mass is 10.2. The minimum absolute atomic E-state index is 0.0595. The molecule has 0 unspecified atom stereocenters. The van der Waals surface area contributed by atoms with Crippen molar-refractivity contribution in [3.05, 3.63) is 37.2 Å². The molecule has 0 amide bonds. The van der Waals surface area contributed by atoms with Crippen molar-refractivity contribution in [3.63, 3.8) is 0 Å². The SMILES string of the molecule is Cn1nc(C(F)(F)F)c(CO/N=C(\N)c2cc(Br)cs2)c1Cl. The summed E-state index contributed by atoms with van der Waals surface area (Å²) in [6, 6.07) is 1.71. The van der Waals surface area contributed by atoms with Crippen LogP contribution in [0, 0.1) is 0 Å². The smallest absolute Gasteiger partial charge is 0.389 e. The topological polar surface area (TPSA) is 65.4 Å². The van der Waals surface area contributed by atoms with Gasteiger partial charge in [0.05, 0.1) is 10.4 Å². The summed E-state index contributed by atoms with van der Waals surface area (Å²) in [5, 5.41) is 8.56. The first kappa shape index (κ1) is 17.1. The molecule has 0 aliphatic heterocycles. The summed E-state index contributed by atoms with van der Waals surface area (Å²) in [4.78, 5) is 5.52. The molecule has 5 nitrogen and oxygen atoms in total. The molecular formula is C11H9BrClF3N4OS. The highest BCUT2D eigenvalue weighted by atomic mass is 79.9. The maximum absolute atomic E-state index is 12.8. The van der Waals surface area contributed by atoms with Gasteiger partial charge in [-0.25, -0.2) is 0 Å². The summed E-state index contributed by atoms with van der Waals surface area (Å²) in [5.41, 5.74) is 4.28. The average Bonchev–Trinajstić information content (AvgIpc) is 2.96. The minimum atomic E-state index is -4.63.